The van der Waals surface area contributed by atoms with Crippen LogP contribution in [0.25, 0.3) is 0 Å². The number of para-hydroxylation sites is 1. The Morgan fingerprint density at radius 3 is 2.75 bits per heavy atom. The predicted molar refractivity (Wildman–Crippen MR) is 84.8 cm³/mol. The van der Waals surface area contributed by atoms with E-state index in [0.29, 0.717) is 5.56 Å². The number of hydrogen-bond donors (Lipinski definition) is 1. The summed E-state index contributed by atoms with van der Waals surface area (Å²) in [6, 6.07) is 13.0. The highest BCUT2D eigenvalue weighted by atomic mass is 79.9. The maximum atomic E-state index is 9.78. The van der Waals surface area contributed by atoms with Crippen molar-refractivity contribution in [1.82, 2.24) is 0 Å². The summed E-state index contributed by atoms with van der Waals surface area (Å²) in [5, 5.41) is 9.78. The molecule has 0 amide bonds. The summed E-state index contributed by atoms with van der Waals surface area (Å²) in [5.74, 6) is 1.03. The molecule has 0 unspecified atom stereocenters. The van der Waals surface area contributed by atoms with Crippen molar-refractivity contribution in [3.05, 3.63) is 58.1 Å². The molecule has 0 bridgehead atoms. The van der Waals surface area contributed by atoms with Crippen LogP contribution in [0.4, 0.5) is 0 Å². The zero-order chi connectivity index (χ0) is 14.5. The van der Waals surface area contributed by atoms with Crippen LogP contribution < -0.4 is 4.74 Å². The maximum Gasteiger partial charge on any atom is 0.124 e. The van der Waals surface area contributed by atoms with Crippen LogP contribution >= 0.6 is 15.9 Å². The zero-order valence-electron chi connectivity index (χ0n) is 11.4. The van der Waals surface area contributed by atoms with Gasteiger partial charge in [-0.05, 0) is 31.2 Å². The minimum atomic E-state index is -0.0514. The number of rotatable bonds is 4. The monoisotopic (exact) mass is 333 g/mol. The third-order valence-corrected chi connectivity index (χ3v) is 3.51. The van der Waals surface area contributed by atoms with Crippen molar-refractivity contribution in [2.75, 3.05) is 7.11 Å². The molecule has 3 nitrogen and oxygen atoms in total. The van der Waals surface area contributed by atoms with Crippen LogP contribution in [0.2, 0.25) is 0 Å². The highest BCUT2D eigenvalue weighted by Gasteiger charge is 2.09. The minimum Gasteiger partial charge on any atom is -0.507 e. The number of methoxy groups -OCH3 is 1. The fraction of sp³-hybridized carbons (Fsp3) is 0.188. The standard InChI is InChI=1S/C16H16BrNO2/c1-11(14-5-3-4-6-16(14)20-2)18-10-12-9-13(17)7-8-15(12)19/h3-11,19H,1-2H3/t11-/m1/s1. The fourth-order valence-electron chi connectivity index (χ4n) is 1.91. The Morgan fingerprint density at radius 2 is 2.00 bits per heavy atom. The second-order valence-electron chi connectivity index (χ2n) is 4.40. The first-order chi connectivity index (χ1) is 9.61. The van der Waals surface area contributed by atoms with E-state index in [1.807, 2.05) is 37.3 Å². The lowest BCUT2D eigenvalue weighted by atomic mass is 10.1. The van der Waals surface area contributed by atoms with Gasteiger partial charge in [0.25, 0.3) is 0 Å². The average Bonchev–Trinajstić information content (AvgIpc) is 2.47. The second kappa shape index (κ2) is 6.57. The number of ether oxygens (including phenoxy) is 1. The third kappa shape index (κ3) is 3.39. The molecule has 0 radical (unpaired) electrons. The molecule has 0 fully saturated rings. The van der Waals surface area contributed by atoms with E-state index in [0.717, 1.165) is 15.8 Å². The fourth-order valence-corrected chi connectivity index (χ4v) is 2.29. The molecule has 0 saturated heterocycles. The molecule has 104 valence electrons. The third-order valence-electron chi connectivity index (χ3n) is 3.02. The molecular formula is C16H16BrNO2. The molecule has 0 aliphatic rings. The largest absolute Gasteiger partial charge is 0.507 e. The minimum absolute atomic E-state index is 0.0514. The molecule has 2 aromatic carbocycles. The predicted octanol–water partition coefficient (Wildman–Crippen LogP) is 4.34. The number of aliphatic imine (C=N–C) groups is 1. The van der Waals surface area contributed by atoms with Gasteiger partial charge < -0.3 is 9.84 Å². The molecule has 20 heavy (non-hydrogen) atoms. The van der Waals surface area contributed by atoms with Gasteiger partial charge in [-0.2, -0.15) is 0 Å². The van der Waals surface area contributed by atoms with Gasteiger partial charge in [-0.1, -0.05) is 34.1 Å². The Bertz CT molecular complexity index is 626. The lowest BCUT2D eigenvalue weighted by Gasteiger charge is -2.11. The van der Waals surface area contributed by atoms with E-state index in [9.17, 15) is 5.11 Å². The lowest BCUT2D eigenvalue weighted by Crippen LogP contribution is -1.96. The van der Waals surface area contributed by atoms with Crippen LogP contribution in [-0.4, -0.2) is 18.4 Å². The molecule has 1 N–H and O–H groups in total. The van der Waals surface area contributed by atoms with Crippen LogP contribution in [0.5, 0.6) is 11.5 Å². The number of nitrogens with zero attached hydrogens (tertiary/aromatic N) is 1. The van der Waals surface area contributed by atoms with Gasteiger partial charge in [0, 0.05) is 21.8 Å². The molecule has 2 rings (SSSR count). The molecule has 0 heterocycles. The van der Waals surface area contributed by atoms with Gasteiger partial charge in [0.15, 0.2) is 0 Å². The maximum absolute atomic E-state index is 9.78. The highest BCUT2D eigenvalue weighted by molar-refractivity contribution is 9.10. The molecule has 0 saturated carbocycles. The molecule has 0 aliphatic heterocycles. The normalized spacial score (nSPS) is 12.6. The van der Waals surface area contributed by atoms with Gasteiger partial charge in [-0.25, -0.2) is 0 Å². The van der Waals surface area contributed by atoms with Gasteiger partial charge in [-0.3, -0.25) is 4.99 Å². The van der Waals surface area contributed by atoms with Gasteiger partial charge in [0.05, 0.1) is 13.2 Å². The average molecular weight is 334 g/mol. The molecule has 4 heteroatoms. The molecule has 0 aliphatic carbocycles. The van der Waals surface area contributed by atoms with Crippen molar-refractivity contribution in [1.29, 1.82) is 0 Å². The van der Waals surface area contributed by atoms with Crippen LogP contribution in [0.1, 0.15) is 24.1 Å². The van der Waals surface area contributed by atoms with Gasteiger partial charge in [-0.15, -0.1) is 0 Å². The summed E-state index contributed by atoms with van der Waals surface area (Å²) in [4.78, 5) is 4.49. The van der Waals surface area contributed by atoms with Crippen LogP contribution in [-0.2, 0) is 0 Å². The van der Waals surface area contributed by atoms with E-state index in [2.05, 4.69) is 20.9 Å². The van der Waals surface area contributed by atoms with Crippen LogP contribution in [0.15, 0.2) is 51.9 Å². The summed E-state index contributed by atoms with van der Waals surface area (Å²) >= 11 is 3.38. The molecule has 2 aromatic rings. The quantitative estimate of drug-likeness (QED) is 0.845. The number of hydrogen-bond acceptors (Lipinski definition) is 3. The van der Waals surface area contributed by atoms with E-state index in [-0.39, 0.29) is 11.8 Å². The Labute approximate surface area is 127 Å². The van der Waals surface area contributed by atoms with E-state index < -0.39 is 0 Å². The number of phenols is 1. The Hall–Kier alpha value is -1.81. The topological polar surface area (TPSA) is 41.8 Å². The molecule has 0 aromatic heterocycles. The number of benzene rings is 2. The van der Waals surface area contributed by atoms with E-state index >= 15 is 0 Å². The number of phenolic OH excluding ortho intramolecular Hbond substituents is 1. The Balaban J connectivity index is 2.24. The van der Waals surface area contributed by atoms with Crippen molar-refractivity contribution in [3.63, 3.8) is 0 Å². The van der Waals surface area contributed by atoms with Crippen molar-refractivity contribution in [2.24, 2.45) is 4.99 Å². The summed E-state index contributed by atoms with van der Waals surface area (Å²) < 4.78 is 6.23. The van der Waals surface area contributed by atoms with E-state index in [4.69, 9.17) is 4.74 Å². The Kier molecular flexibility index (Phi) is 4.79. The summed E-state index contributed by atoms with van der Waals surface area (Å²) in [5.41, 5.74) is 1.70. The first kappa shape index (κ1) is 14.6. The second-order valence-corrected chi connectivity index (χ2v) is 5.31. The summed E-state index contributed by atoms with van der Waals surface area (Å²) in [6.07, 6.45) is 1.68. The van der Waals surface area contributed by atoms with Gasteiger partial charge in [0.1, 0.15) is 11.5 Å². The molecule has 0 spiro atoms. The van der Waals surface area contributed by atoms with Crippen molar-refractivity contribution < 1.29 is 9.84 Å². The van der Waals surface area contributed by atoms with Gasteiger partial charge >= 0.3 is 0 Å². The first-order valence-corrected chi connectivity index (χ1v) is 7.05. The first-order valence-electron chi connectivity index (χ1n) is 6.26. The van der Waals surface area contributed by atoms with Crippen molar-refractivity contribution in [3.8, 4) is 11.5 Å². The summed E-state index contributed by atoms with van der Waals surface area (Å²) in [6.45, 7) is 1.99. The summed E-state index contributed by atoms with van der Waals surface area (Å²) in [7, 11) is 1.65. The van der Waals surface area contributed by atoms with E-state index in [1.165, 1.54) is 0 Å². The number of aromatic hydroxyl groups is 1. The number of halogens is 1. The zero-order valence-corrected chi connectivity index (χ0v) is 13.0. The van der Waals surface area contributed by atoms with Crippen molar-refractivity contribution >= 4 is 22.1 Å². The highest BCUT2D eigenvalue weighted by Crippen LogP contribution is 2.27. The SMILES string of the molecule is COc1ccccc1[C@@H](C)N=Cc1cc(Br)ccc1O. The van der Waals surface area contributed by atoms with Crippen LogP contribution in [0.3, 0.4) is 0 Å². The molecular weight excluding hydrogens is 318 g/mol. The molecule has 1 atom stereocenters. The van der Waals surface area contributed by atoms with Crippen LogP contribution in [0, 0.1) is 0 Å². The van der Waals surface area contributed by atoms with E-state index in [1.54, 1.807) is 25.5 Å². The lowest BCUT2D eigenvalue weighted by molar-refractivity contribution is 0.407. The van der Waals surface area contributed by atoms with Crippen molar-refractivity contribution in [2.45, 2.75) is 13.0 Å². The smallest absolute Gasteiger partial charge is 0.124 e. The van der Waals surface area contributed by atoms with Gasteiger partial charge in [0.2, 0.25) is 0 Å². The Morgan fingerprint density at radius 1 is 1.25 bits per heavy atom.